The molecule has 1 aromatic heterocycles. The minimum Gasteiger partial charge on any atom is -0.472 e. The largest absolute Gasteiger partial charge is 0.472 e. The number of halogens is 2. The number of ether oxygens (including phenoxy) is 1. The van der Waals surface area contributed by atoms with E-state index in [1.807, 2.05) is 0 Å². The predicted molar refractivity (Wildman–Crippen MR) is 50.4 cm³/mol. The molecule has 0 bridgehead atoms. The average molecular weight is 214 g/mol. The molecule has 82 valence electrons. The summed E-state index contributed by atoms with van der Waals surface area (Å²) in [4.78, 5) is 3.55. The van der Waals surface area contributed by atoms with Crippen molar-refractivity contribution < 1.29 is 13.5 Å². The van der Waals surface area contributed by atoms with Gasteiger partial charge in [-0.2, -0.15) is 0 Å². The topological polar surface area (TPSA) is 48.1 Å². The molecule has 1 saturated carbocycles. The van der Waals surface area contributed by atoms with E-state index in [1.165, 1.54) is 0 Å². The van der Waals surface area contributed by atoms with Crippen molar-refractivity contribution in [3.05, 3.63) is 23.9 Å². The number of nitrogens with zero attached hydrogens (tertiary/aromatic N) is 1. The summed E-state index contributed by atoms with van der Waals surface area (Å²) in [5.74, 6) is -1.62. The zero-order chi connectivity index (χ0) is 10.8. The Hall–Kier alpha value is -1.23. The van der Waals surface area contributed by atoms with Gasteiger partial charge < -0.3 is 10.5 Å². The van der Waals surface area contributed by atoms with Crippen LogP contribution >= 0.6 is 0 Å². The number of hydrogen-bond donors (Lipinski definition) is 1. The molecule has 15 heavy (non-hydrogen) atoms. The van der Waals surface area contributed by atoms with Gasteiger partial charge in [0.1, 0.15) is 11.9 Å². The minimum atomic E-state index is -0.768. The predicted octanol–water partition coefficient (Wildman–Crippen LogP) is 1.62. The lowest BCUT2D eigenvalue weighted by Crippen LogP contribution is -2.19. The van der Waals surface area contributed by atoms with Gasteiger partial charge in [-0.15, -0.1) is 0 Å². The lowest BCUT2D eigenvalue weighted by atomic mass is 10.3. The summed E-state index contributed by atoms with van der Waals surface area (Å²) < 4.78 is 31.0. The molecule has 0 saturated heterocycles. The highest BCUT2D eigenvalue weighted by Crippen LogP contribution is 2.24. The summed E-state index contributed by atoms with van der Waals surface area (Å²) in [7, 11) is 0. The Labute approximate surface area is 86.3 Å². The fraction of sp³-hybridized carbons (Fsp3) is 0.500. The van der Waals surface area contributed by atoms with Crippen molar-refractivity contribution in [1.29, 1.82) is 0 Å². The molecular formula is C10H12F2N2O. The zero-order valence-corrected chi connectivity index (χ0v) is 8.12. The molecule has 1 aliphatic carbocycles. The number of nitrogens with two attached hydrogens (primary N) is 1. The van der Waals surface area contributed by atoms with E-state index in [9.17, 15) is 8.78 Å². The molecule has 2 N–H and O–H groups in total. The summed E-state index contributed by atoms with van der Waals surface area (Å²) in [6.45, 7) is 0. The molecule has 1 heterocycles. The highest BCUT2D eigenvalue weighted by Gasteiger charge is 2.24. The molecule has 0 spiro atoms. The summed E-state index contributed by atoms with van der Waals surface area (Å²) in [5.41, 5.74) is 5.69. The molecule has 0 radical (unpaired) electrons. The first-order valence-electron chi connectivity index (χ1n) is 4.88. The van der Waals surface area contributed by atoms with E-state index < -0.39 is 11.6 Å². The van der Waals surface area contributed by atoms with Crippen LogP contribution in [0.4, 0.5) is 8.78 Å². The molecule has 1 aromatic rings. The van der Waals surface area contributed by atoms with Crippen molar-refractivity contribution in [2.75, 3.05) is 0 Å². The third-order valence-corrected chi connectivity index (χ3v) is 2.48. The van der Waals surface area contributed by atoms with E-state index in [0.29, 0.717) is 6.42 Å². The minimum absolute atomic E-state index is 0.104. The molecule has 1 aliphatic rings. The third-order valence-electron chi connectivity index (χ3n) is 2.48. The highest BCUT2D eigenvalue weighted by atomic mass is 19.1. The van der Waals surface area contributed by atoms with E-state index in [-0.39, 0.29) is 18.0 Å². The van der Waals surface area contributed by atoms with Crippen LogP contribution in [0.1, 0.15) is 19.3 Å². The number of pyridine rings is 1. The maximum absolute atomic E-state index is 13.1. The maximum Gasteiger partial charge on any atom is 0.250 e. The second kappa shape index (κ2) is 4.10. The van der Waals surface area contributed by atoms with Gasteiger partial charge in [0, 0.05) is 12.1 Å². The monoisotopic (exact) mass is 214 g/mol. The van der Waals surface area contributed by atoms with Crippen molar-refractivity contribution in [2.24, 2.45) is 5.73 Å². The Kier molecular flexibility index (Phi) is 2.81. The van der Waals surface area contributed by atoms with Crippen LogP contribution in [0.25, 0.3) is 0 Å². The zero-order valence-electron chi connectivity index (χ0n) is 8.12. The molecule has 0 aliphatic heterocycles. The quantitative estimate of drug-likeness (QED) is 0.813. The molecule has 0 aromatic carbocycles. The summed E-state index contributed by atoms with van der Waals surface area (Å²) in [6.07, 6.45) is 3.19. The number of aromatic nitrogens is 1. The Morgan fingerprint density at radius 2 is 2.20 bits per heavy atom. The molecule has 0 amide bonds. The van der Waals surface area contributed by atoms with Gasteiger partial charge in [-0.3, -0.25) is 0 Å². The SMILES string of the molecule is NC1CCC(Oc2ncc(F)cc2F)C1. The first-order chi connectivity index (χ1) is 7.15. The number of hydrogen-bond acceptors (Lipinski definition) is 3. The lowest BCUT2D eigenvalue weighted by molar-refractivity contribution is 0.189. The van der Waals surface area contributed by atoms with Crippen LogP contribution in [-0.2, 0) is 0 Å². The Bertz CT molecular complexity index is 359. The number of rotatable bonds is 2. The second-order valence-corrected chi connectivity index (χ2v) is 3.75. The van der Waals surface area contributed by atoms with Gasteiger partial charge in [0.2, 0.25) is 0 Å². The Balaban J connectivity index is 2.04. The van der Waals surface area contributed by atoms with Gasteiger partial charge in [0.25, 0.3) is 5.88 Å². The molecule has 2 atom stereocenters. The fourth-order valence-corrected chi connectivity index (χ4v) is 1.73. The molecule has 2 rings (SSSR count). The van der Waals surface area contributed by atoms with Gasteiger partial charge in [0.05, 0.1) is 6.20 Å². The van der Waals surface area contributed by atoms with E-state index in [1.54, 1.807) is 0 Å². The maximum atomic E-state index is 13.1. The van der Waals surface area contributed by atoms with E-state index in [4.69, 9.17) is 10.5 Å². The molecule has 5 heteroatoms. The molecule has 3 nitrogen and oxygen atoms in total. The van der Waals surface area contributed by atoms with Crippen molar-refractivity contribution >= 4 is 0 Å². The first kappa shape index (κ1) is 10.3. The van der Waals surface area contributed by atoms with Crippen molar-refractivity contribution in [1.82, 2.24) is 4.98 Å². The molecule has 1 fully saturated rings. The summed E-state index contributed by atoms with van der Waals surface area (Å²) in [5, 5.41) is 0. The van der Waals surface area contributed by atoms with Crippen molar-refractivity contribution in [2.45, 2.75) is 31.4 Å². The summed E-state index contributed by atoms with van der Waals surface area (Å²) in [6, 6.07) is 0.871. The Morgan fingerprint density at radius 1 is 1.40 bits per heavy atom. The van der Waals surface area contributed by atoms with Crippen LogP contribution in [0, 0.1) is 11.6 Å². The molecular weight excluding hydrogens is 202 g/mol. The standard InChI is InChI=1S/C10H12F2N2O/c11-6-3-9(12)10(14-5-6)15-8-2-1-7(13)4-8/h3,5,7-8H,1-2,4,13H2. The molecule has 2 unspecified atom stereocenters. The van der Waals surface area contributed by atoms with E-state index in [2.05, 4.69) is 4.98 Å². The van der Waals surface area contributed by atoms with Crippen LogP contribution < -0.4 is 10.5 Å². The van der Waals surface area contributed by atoms with Crippen LogP contribution in [0.3, 0.4) is 0 Å². The van der Waals surface area contributed by atoms with Crippen LogP contribution in [0.15, 0.2) is 12.3 Å². The van der Waals surface area contributed by atoms with Crippen molar-refractivity contribution in [3.8, 4) is 5.88 Å². The van der Waals surface area contributed by atoms with Gasteiger partial charge in [-0.1, -0.05) is 0 Å². The van der Waals surface area contributed by atoms with Gasteiger partial charge in [-0.25, -0.2) is 13.8 Å². The van der Waals surface area contributed by atoms with Gasteiger partial charge in [-0.05, 0) is 19.3 Å². The first-order valence-corrected chi connectivity index (χ1v) is 4.88. The van der Waals surface area contributed by atoms with E-state index in [0.717, 1.165) is 25.1 Å². The van der Waals surface area contributed by atoms with Gasteiger partial charge in [0.15, 0.2) is 5.82 Å². The van der Waals surface area contributed by atoms with Crippen LogP contribution in [-0.4, -0.2) is 17.1 Å². The Morgan fingerprint density at radius 3 is 2.80 bits per heavy atom. The highest BCUT2D eigenvalue weighted by molar-refractivity contribution is 5.14. The van der Waals surface area contributed by atoms with E-state index >= 15 is 0 Å². The lowest BCUT2D eigenvalue weighted by Gasteiger charge is -2.12. The van der Waals surface area contributed by atoms with Gasteiger partial charge >= 0.3 is 0 Å². The fourth-order valence-electron chi connectivity index (χ4n) is 1.73. The van der Waals surface area contributed by atoms with Crippen LogP contribution in [0.2, 0.25) is 0 Å². The van der Waals surface area contributed by atoms with Crippen molar-refractivity contribution in [3.63, 3.8) is 0 Å². The third kappa shape index (κ3) is 2.41. The normalized spacial score (nSPS) is 25.5. The second-order valence-electron chi connectivity index (χ2n) is 3.75. The smallest absolute Gasteiger partial charge is 0.250 e. The average Bonchev–Trinajstić information content (AvgIpc) is 2.56. The summed E-state index contributed by atoms with van der Waals surface area (Å²) >= 11 is 0. The van der Waals surface area contributed by atoms with Crippen LogP contribution in [0.5, 0.6) is 5.88 Å².